The average molecular weight is 591 g/mol. The van der Waals surface area contributed by atoms with Gasteiger partial charge in [-0.1, -0.05) is 32.9 Å². The number of alkyl halides is 2. The molecule has 1 fully saturated rings. The molecule has 0 bridgehead atoms. The van der Waals surface area contributed by atoms with Crippen LogP contribution in [0, 0.1) is 12.8 Å². The van der Waals surface area contributed by atoms with E-state index in [1.165, 1.54) is 23.6 Å². The number of carbonyl (C=O) groups is 1. The molecule has 0 unspecified atom stereocenters. The van der Waals surface area contributed by atoms with Crippen LogP contribution in [0.25, 0.3) is 27.5 Å². The summed E-state index contributed by atoms with van der Waals surface area (Å²) in [6.07, 6.45) is 3.03. The number of amides is 1. The first-order valence-electron chi connectivity index (χ1n) is 14.6. The van der Waals surface area contributed by atoms with Crippen molar-refractivity contribution in [2.45, 2.75) is 66.2 Å². The molecule has 1 saturated heterocycles. The smallest absolute Gasteiger partial charge is 0.280 e. The molecule has 0 N–H and O–H groups in total. The number of hydrogen-bond acceptors (Lipinski definition) is 5. The van der Waals surface area contributed by atoms with Gasteiger partial charge in [0.15, 0.2) is 0 Å². The molecule has 6 nitrogen and oxygen atoms in total. The molecule has 0 spiro atoms. The number of likely N-dealkylation sites (tertiary alicyclic amines) is 1. The molecule has 1 aliphatic heterocycles. The molecule has 0 aliphatic carbocycles. The Labute approximate surface area is 249 Å². The molecule has 1 amide bonds. The molecule has 0 saturated carbocycles. The summed E-state index contributed by atoms with van der Waals surface area (Å²) in [7, 11) is 0. The van der Waals surface area contributed by atoms with E-state index in [4.69, 9.17) is 4.98 Å². The fourth-order valence-corrected chi connectivity index (χ4v) is 6.33. The van der Waals surface area contributed by atoms with Gasteiger partial charge in [0.05, 0.1) is 22.5 Å². The second-order valence-corrected chi connectivity index (χ2v) is 12.2. The standard InChI is InChI=1S/C33H36F2N4O2S/c1-5-22-10-9-21(4)16-28(22)39-29(15-20(2)3)24(32(40)38-13-7-6-8-14-38)17-25(33(39)41)31-37-27(19-42-31)23-11-12-26(30(34)35)36-18-23/h9-12,16-20,30H,5-8,13-15H2,1-4H3. The minimum absolute atomic E-state index is 0.0605. The van der Waals surface area contributed by atoms with Crippen molar-refractivity contribution in [2.75, 3.05) is 13.1 Å². The molecule has 0 radical (unpaired) electrons. The van der Waals surface area contributed by atoms with Crippen LogP contribution in [0.15, 0.2) is 52.8 Å². The van der Waals surface area contributed by atoms with Crippen LogP contribution in [0.3, 0.4) is 0 Å². The summed E-state index contributed by atoms with van der Waals surface area (Å²) >= 11 is 1.29. The third-order valence-corrected chi connectivity index (χ3v) is 8.56. The van der Waals surface area contributed by atoms with Gasteiger partial charge >= 0.3 is 0 Å². The zero-order valence-corrected chi connectivity index (χ0v) is 25.3. The Kier molecular flexibility index (Phi) is 8.96. The highest BCUT2D eigenvalue weighted by atomic mass is 32.1. The van der Waals surface area contributed by atoms with Crippen molar-refractivity contribution < 1.29 is 13.6 Å². The first kappa shape index (κ1) is 29.8. The summed E-state index contributed by atoms with van der Waals surface area (Å²) in [6, 6.07) is 10.7. The van der Waals surface area contributed by atoms with E-state index in [0.29, 0.717) is 46.9 Å². The third kappa shape index (κ3) is 6.07. The van der Waals surface area contributed by atoms with Crippen molar-refractivity contribution in [1.82, 2.24) is 19.4 Å². The van der Waals surface area contributed by atoms with Gasteiger partial charge in [0, 0.05) is 35.9 Å². The quantitative estimate of drug-likeness (QED) is 0.211. The van der Waals surface area contributed by atoms with Crippen molar-refractivity contribution in [3.63, 3.8) is 0 Å². The van der Waals surface area contributed by atoms with E-state index >= 15 is 0 Å². The Balaban J connectivity index is 1.74. The monoisotopic (exact) mass is 590 g/mol. The Bertz CT molecular complexity index is 1640. The molecule has 3 aromatic heterocycles. The van der Waals surface area contributed by atoms with Crippen LogP contribution >= 0.6 is 11.3 Å². The number of aryl methyl sites for hydroxylation is 2. The molecule has 220 valence electrons. The number of halogens is 2. The van der Waals surface area contributed by atoms with E-state index in [-0.39, 0.29) is 23.1 Å². The van der Waals surface area contributed by atoms with Crippen LogP contribution in [0.5, 0.6) is 0 Å². The van der Waals surface area contributed by atoms with Gasteiger partial charge in [0.25, 0.3) is 17.9 Å². The number of carbonyl (C=O) groups excluding carboxylic acids is 1. The van der Waals surface area contributed by atoms with E-state index < -0.39 is 6.43 Å². The van der Waals surface area contributed by atoms with Gasteiger partial charge in [0.2, 0.25) is 0 Å². The fourth-order valence-electron chi connectivity index (χ4n) is 5.50. The van der Waals surface area contributed by atoms with Crippen LogP contribution in [-0.2, 0) is 12.8 Å². The maximum absolute atomic E-state index is 14.5. The van der Waals surface area contributed by atoms with Crippen molar-refractivity contribution in [3.8, 4) is 27.5 Å². The van der Waals surface area contributed by atoms with Crippen molar-refractivity contribution >= 4 is 17.2 Å². The summed E-state index contributed by atoms with van der Waals surface area (Å²) < 4.78 is 27.8. The van der Waals surface area contributed by atoms with Gasteiger partial charge in [-0.2, -0.15) is 0 Å². The molecular weight excluding hydrogens is 554 g/mol. The van der Waals surface area contributed by atoms with E-state index in [9.17, 15) is 18.4 Å². The Morgan fingerprint density at radius 2 is 1.83 bits per heavy atom. The van der Waals surface area contributed by atoms with Crippen LogP contribution in [0.2, 0.25) is 0 Å². The molecular formula is C33H36F2N4O2S. The van der Waals surface area contributed by atoms with Crippen molar-refractivity contribution in [1.29, 1.82) is 0 Å². The predicted octanol–water partition coefficient (Wildman–Crippen LogP) is 7.66. The molecule has 0 atom stereocenters. The number of nitrogens with zero attached hydrogens (tertiary/aromatic N) is 4. The number of hydrogen-bond donors (Lipinski definition) is 0. The summed E-state index contributed by atoms with van der Waals surface area (Å²) in [5.74, 6) is 0.147. The lowest BCUT2D eigenvalue weighted by molar-refractivity contribution is 0.0722. The molecule has 1 aliphatic rings. The Morgan fingerprint density at radius 3 is 2.48 bits per heavy atom. The number of thiazole rings is 1. The molecule has 4 aromatic rings. The predicted molar refractivity (Wildman–Crippen MR) is 164 cm³/mol. The first-order valence-corrected chi connectivity index (χ1v) is 15.4. The topological polar surface area (TPSA) is 68.1 Å². The number of pyridine rings is 2. The van der Waals surface area contributed by atoms with Crippen molar-refractivity contribution in [3.05, 3.63) is 86.4 Å². The maximum Gasteiger partial charge on any atom is 0.280 e. The second kappa shape index (κ2) is 12.7. The van der Waals surface area contributed by atoms with Gasteiger partial charge in [-0.15, -0.1) is 11.3 Å². The van der Waals surface area contributed by atoms with Crippen LogP contribution < -0.4 is 5.56 Å². The molecule has 1 aromatic carbocycles. The second-order valence-electron chi connectivity index (χ2n) is 11.3. The molecule has 5 rings (SSSR count). The van der Waals surface area contributed by atoms with Gasteiger partial charge in [0.1, 0.15) is 10.7 Å². The Morgan fingerprint density at radius 1 is 1.07 bits per heavy atom. The SMILES string of the molecule is CCc1ccc(C)cc1-n1c(CC(C)C)c(C(=O)N2CCCCC2)cc(-c2nc(-c3ccc(C(F)F)nc3)cs2)c1=O. The Hall–Kier alpha value is -3.72. The zero-order valence-electron chi connectivity index (χ0n) is 24.5. The van der Waals surface area contributed by atoms with Crippen LogP contribution in [0.4, 0.5) is 8.78 Å². The molecule has 42 heavy (non-hydrogen) atoms. The van der Waals surface area contributed by atoms with Crippen molar-refractivity contribution in [2.24, 2.45) is 5.92 Å². The van der Waals surface area contributed by atoms with E-state index in [0.717, 1.165) is 48.2 Å². The summed E-state index contributed by atoms with van der Waals surface area (Å²) in [6.45, 7) is 9.64. The van der Waals surface area contributed by atoms with Gasteiger partial charge in [-0.05, 0) is 80.3 Å². The zero-order chi connectivity index (χ0) is 30.0. The number of piperidine rings is 1. The fraction of sp³-hybridized carbons (Fsp3) is 0.394. The van der Waals surface area contributed by atoms with E-state index in [1.54, 1.807) is 22.1 Å². The number of benzene rings is 1. The number of aromatic nitrogens is 3. The summed E-state index contributed by atoms with van der Waals surface area (Å²) in [5, 5.41) is 2.26. The van der Waals surface area contributed by atoms with Gasteiger partial charge in [-0.25, -0.2) is 13.8 Å². The lowest BCUT2D eigenvalue weighted by atomic mass is 9.97. The van der Waals surface area contributed by atoms with E-state index in [1.807, 2.05) is 30.0 Å². The minimum Gasteiger partial charge on any atom is -0.339 e. The minimum atomic E-state index is -2.65. The van der Waals surface area contributed by atoms with Crippen LogP contribution in [0.1, 0.15) is 79.3 Å². The summed E-state index contributed by atoms with van der Waals surface area (Å²) in [4.78, 5) is 39.1. The van der Waals surface area contributed by atoms with Crippen LogP contribution in [-0.4, -0.2) is 38.4 Å². The van der Waals surface area contributed by atoms with Gasteiger partial charge in [-0.3, -0.25) is 19.1 Å². The summed E-state index contributed by atoms with van der Waals surface area (Å²) in [5.41, 5.74) is 5.01. The third-order valence-electron chi connectivity index (χ3n) is 7.68. The largest absolute Gasteiger partial charge is 0.339 e. The highest BCUT2D eigenvalue weighted by Crippen LogP contribution is 2.31. The first-order chi connectivity index (χ1) is 20.2. The average Bonchev–Trinajstić information content (AvgIpc) is 3.47. The maximum atomic E-state index is 14.5. The highest BCUT2D eigenvalue weighted by Gasteiger charge is 2.28. The normalized spacial score (nSPS) is 13.8. The number of rotatable bonds is 8. The highest BCUT2D eigenvalue weighted by molar-refractivity contribution is 7.13. The molecule has 9 heteroatoms. The van der Waals surface area contributed by atoms with Gasteiger partial charge < -0.3 is 4.90 Å². The van der Waals surface area contributed by atoms with E-state index in [2.05, 4.69) is 25.8 Å². The lowest BCUT2D eigenvalue weighted by Gasteiger charge is -2.29. The molecule has 4 heterocycles. The lowest BCUT2D eigenvalue weighted by Crippen LogP contribution is -2.38.